The predicted molar refractivity (Wildman–Crippen MR) is 171 cm³/mol. The molecular formula is C36H41N3O7. The minimum Gasteiger partial charge on any atom is -0.493 e. The van der Waals surface area contributed by atoms with E-state index < -0.39 is 30.1 Å². The molecule has 3 aliphatic carbocycles. The van der Waals surface area contributed by atoms with Crippen molar-refractivity contribution in [2.24, 2.45) is 17.8 Å². The average molecular weight is 628 g/mol. The summed E-state index contributed by atoms with van der Waals surface area (Å²) in [7, 11) is 1.47. The Balaban J connectivity index is 1.25. The number of ether oxygens (including phenoxy) is 2. The fourth-order valence-electron chi connectivity index (χ4n) is 8.48. The quantitative estimate of drug-likeness (QED) is 0.239. The van der Waals surface area contributed by atoms with Crippen LogP contribution in [0.3, 0.4) is 0 Å². The summed E-state index contributed by atoms with van der Waals surface area (Å²) in [5.41, 5.74) is 3.23. The van der Waals surface area contributed by atoms with E-state index in [1.54, 1.807) is 23.1 Å². The summed E-state index contributed by atoms with van der Waals surface area (Å²) in [6.45, 7) is 0.132. The largest absolute Gasteiger partial charge is 0.493 e. The molecule has 0 spiro atoms. The van der Waals surface area contributed by atoms with Crippen molar-refractivity contribution in [1.29, 1.82) is 0 Å². The number of hydrogen-bond acceptors (Lipinski definition) is 7. The number of aliphatic hydroxyl groups excluding tert-OH is 2. The maximum atomic E-state index is 14.3. The zero-order valence-electron chi connectivity index (χ0n) is 26.0. The van der Waals surface area contributed by atoms with Gasteiger partial charge in [0.25, 0.3) is 0 Å². The standard InChI is InChI=1S/C36H41N3O7/c1-45-30-15-21(19-41)14-26-32-27(36(44)37-9-11-40)18-29(33(43)35(32)46-34(26)30)39(31(42)17-24-13-20-6-7-22(24)12-20)10-8-25-16-23-4-2-3-5-28(23)38-25/h2-5,14-16,18-20,22,24,29,32-33,35,38,40,43H,6-13,17H2,1H3,(H,37,44). The molecule has 4 aliphatic rings. The highest BCUT2D eigenvalue weighted by atomic mass is 16.5. The lowest BCUT2D eigenvalue weighted by Crippen LogP contribution is -2.56. The van der Waals surface area contributed by atoms with E-state index in [-0.39, 0.29) is 19.1 Å². The fourth-order valence-corrected chi connectivity index (χ4v) is 8.48. The molecule has 2 bridgehead atoms. The second-order valence-electron chi connectivity index (χ2n) is 13.3. The van der Waals surface area contributed by atoms with Crippen LogP contribution in [0.4, 0.5) is 0 Å². The van der Waals surface area contributed by atoms with E-state index in [1.165, 1.54) is 26.4 Å². The Bertz CT molecular complexity index is 1650. The number of rotatable bonds is 11. The van der Waals surface area contributed by atoms with Gasteiger partial charge in [-0.25, -0.2) is 0 Å². The van der Waals surface area contributed by atoms with Crippen LogP contribution < -0.4 is 14.8 Å². The van der Waals surface area contributed by atoms with Gasteiger partial charge in [-0.2, -0.15) is 0 Å². The number of fused-ring (bicyclic) bond motifs is 6. The van der Waals surface area contributed by atoms with Crippen molar-refractivity contribution >= 4 is 29.0 Å². The minimum absolute atomic E-state index is 0.0411. The van der Waals surface area contributed by atoms with Gasteiger partial charge in [0.1, 0.15) is 18.5 Å². The number of H-pyrrole nitrogens is 1. The Morgan fingerprint density at radius 2 is 2.02 bits per heavy atom. The van der Waals surface area contributed by atoms with Crippen LogP contribution in [0.15, 0.2) is 54.1 Å². The second kappa shape index (κ2) is 12.6. The van der Waals surface area contributed by atoms with Crippen molar-refractivity contribution in [3.05, 3.63) is 70.9 Å². The van der Waals surface area contributed by atoms with E-state index in [0.29, 0.717) is 71.6 Å². The van der Waals surface area contributed by atoms with Gasteiger partial charge in [0.05, 0.1) is 25.7 Å². The zero-order valence-corrected chi connectivity index (χ0v) is 26.0. The molecular weight excluding hydrogens is 586 g/mol. The average Bonchev–Trinajstić information content (AvgIpc) is 3.87. The van der Waals surface area contributed by atoms with Crippen LogP contribution >= 0.6 is 0 Å². The van der Waals surface area contributed by atoms with Gasteiger partial charge in [0.15, 0.2) is 11.5 Å². The van der Waals surface area contributed by atoms with Crippen molar-refractivity contribution in [2.45, 2.75) is 62.7 Å². The lowest BCUT2D eigenvalue weighted by Gasteiger charge is -2.41. The summed E-state index contributed by atoms with van der Waals surface area (Å²) in [5, 5.41) is 25.3. The monoisotopic (exact) mass is 627 g/mol. The Kier molecular flexibility index (Phi) is 8.33. The first-order chi connectivity index (χ1) is 22.4. The van der Waals surface area contributed by atoms with Crippen molar-refractivity contribution in [3.8, 4) is 11.5 Å². The number of nitrogens with zero attached hydrogens (tertiary/aromatic N) is 1. The highest BCUT2D eigenvalue weighted by Gasteiger charge is 2.52. The number of hydrogen-bond donors (Lipinski definition) is 4. The van der Waals surface area contributed by atoms with Gasteiger partial charge >= 0.3 is 0 Å². The normalized spacial score (nSPS) is 27.5. The molecule has 7 atom stereocenters. The highest BCUT2D eigenvalue weighted by Crippen LogP contribution is 2.52. The second-order valence-corrected chi connectivity index (χ2v) is 13.3. The summed E-state index contributed by atoms with van der Waals surface area (Å²) in [5.74, 6) is 1.10. The SMILES string of the molecule is COc1cc(C=O)cc2c1OC1C2C(C(=O)NCCO)=CC(N(CCc2cc3ccccc3[nH]2)C(=O)CC2CC3CCC2C3)C1O. The summed E-state index contributed by atoms with van der Waals surface area (Å²) in [4.78, 5) is 44.9. The number of para-hydroxylation sites is 1. The topological polar surface area (TPSA) is 141 Å². The molecule has 3 aromatic rings. The molecule has 2 heterocycles. The smallest absolute Gasteiger partial charge is 0.247 e. The van der Waals surface area contributed by atoms with Crippen LogP contribution in [0.25, 0.3) is 10.9 Å². The van der Waals surface area contributed by atoms with Gasteiger partial charge in [-0.05, 0) is 72.7 Å². The van der Waals surface area contributed by atoms with Crippen LogP contribution in [0.2, 0.25) is 0 Å². The number of aldehydes is 1. The van der Waals surface area contributed by atoms with Crippen LogP contribution in [0.5, 0.6) is 11.5 Å². The summed E-state index contributed by atoms with van der Waals surface area (Å²) >= 11 is 0. The van der Waals surface area contributed by atoms with E-state index in [2.05, 4.69) is 16.4 Å². The molecule has 7 unspecified atom stereocenters. The Labute approximate surface area is 267 Å². The van der Waals surface area contributed by atoms with Crippen LogP contribution in [-0.4, -0.2) is 83.3 Å². The molecule has 10 heteroatoms. The first-order valence-electron chi connectivity index (χ1n) is 16.4. The molecule has 10 nitrogen and oxygen atoms in total. The Hall–Kier alpha value is -4.15. The number of aromatic nitrogens is 1. The number of nitrogens with one attached hydrogen (secondary N) is 2. The molecule has 7 rings (SSSR count). The summed E-state index contributed by atoms with van der Waals surface area (Å²) in [6, 6.07) is 12.5. The molecule has 0 radical (unpaired) electrons. The Morgan fingerprint density at radius 1 is 1.17 bits per heavy atom. The van der Waals surface area contributed by atoms with E-state index >= 15 is 0 Å². The third-order valence-corrected chi connectivity index (χ3v) is 10.6. The van der Waals surface area contributed by atoms with Crippen molar-refractivity contribution in [1.82, 2.24) is 15.2 Å². The van der Waals surface area contributed by atoms with E-state index in [0.717, 1.165) is 23.0 Å². The molecule has 2 saturated carbocycles. The number of carbonyl (C=O) groups excluding carboxylic acids is 3. The molecule has 46 heavy (non-hydrogen) atoms. The molecule has 0 saturated heterocycles. The van der Waals surface area contributed by atoms with Gasteiger partial charge < -0.3 is 34.9 Å². The summed E-state index contributed by atoms with van der Waals surface area (Å²) in [6.07, 6.45) is 5.93. The number of amides is 2. The van der Waals surface area contributed by atoms with Crippen LogP contribution in [-0.2, 0) is 16.0 Å². The fraction of sp³-hybridized carbons (Fsp3) is 0.472. The number of aromatic amines is 1. The van der Waals surface area contributed by atoms with Crippen molar-refractivity contribution in [3.63, 3.8) is 0 Å². The molecule has 2 amide bonds. The van der Waals surface area contributed by atoms with Crippen LogP contribution in [0.1, 0.15) is 59.6 Å². The first-order valence-corrected chi connectivity index (χ1v) is 16.4. The minimum atomic E-state index is -1.16. The van der Waals surface area contributed by atoms with E-state index in [9.17, 15) is 24.6 Å². The third kappa shape index (κ3) is 5.47. The molecule has 242 valence electrons. The molecule has 4 N–H and O–H groups in total. The molecule has 1 aliphatic heterocycles. The highest BCUT2D eigenvalue weighted by molar-refractivity contribution is 5.96. The van der Waals surface area contributed by atoms with E-state index in [1.807, 2.05) is 24.3 Å². The number of aliphatic hydroxyl groups is 2. The van der Waals surface area contributed by atoms with Crippen molar-refractivity contribution < 1.29 is 34.1 Å². The number of carbonyl (C=O) groups is 3. The van der Waals surface area contributed by atoms with Gasteiger partial charge in [0.2, 0.25) is 11.8 Å². The lowest BCUT2D eigenvalue weighted by atomic mass is 9.77. The molecule has 2 fully saturated rings. The van der Waals surface area contributed by atoms with E-state index in [4.69, 9.17) is 9.47 Å². The number of methoxy groups -OCH3 is 1. The molecule has 2 aromatic carbocycles. The predicted octanol–water partition coefficient (Wildman–Crippen LogP) is 3.51. The maximum absolute atomic E-state index is 14.3. The first kappa shape index (κ1) is 30.5. The van der Waals surface area contributed by atoms with Crippen molar-refractivity contribution in [2.75, 3.05) is 26.8 Å². The Morgan fingerprint density at radius 3 is 2.74 bits per heavy atom. The lowest BCUT2D eigenvalue weighted by molar-refractivity contribution is -0.138. The zero-order chi connectivity index (χ0) is 31.9. The van der Waals surface area contributed by atoms with Gasteiger partial charge in [0, 0.05) is 53.8 Å². The van der Waals surface area contributed by atoms with Gasteiger partial charge in [-0.3, -0.25) is 14.4 Å². The third-order valence-electron chi connectivity index (χ3n) is 10.6. The maximum Gasteiger partial charge on any atom is 0.247 e. The van der Waals surface area contributed by atoms with Crippen LogP contribution in [0, 0.1) is 17.8 Å². The van der Waals surface area contributed by atoms with Gasteiger partial charge in [-0.1, -0.05) is 24.6 Å². The molecule has 1 aromatic heterocycles. The number of benzene rings is 2. The van der Waals surface area contributed by atoms with Gasteiger partial charge in [-0.15, -0.1) is 0 Å². The summed E-state index contributed by atoms with van der Waals surface area (Å²) < 4.78 is 11.9.